The van der Waals surface area contributed by atoms with Crippen LogP contribution in [0.4, 0.5) is 0 Å². The number of hydrogen-bond acceptors (Lipinski definition) is 3. The molecular weight excluding hydrogens is 222 g/mol. The number of aromatic nitrogens is 3. The Morgan fingerprint density at radius 2 is 1.47 bits per heavy atom. The van der Waals surface area contributed by atoms with Gasteiger partial charge in [0.2, 0.25) is 0 Å². The number of unbranched alkanes of at least 4 members (excludes halogenated alkanes) is 1. The molecule has 0 amide bonds. The minimum atomic E-state index is -0.988. The summed E-state index contributed by atoms with van der Waals surface area (Å²) < 4.78 is 1.83. The third-order valence-electron chi connectivity index (χ3n) is 2.22. The number of nitrogens with zero attached hydrogens (tertiary/aromatic N) is 3. The molecular formula is C11H11N3O3. The highest BCUT2D eigenvalue weighted by molar-refractivity contribution is 4.99. The molecule has 0 saturated carbocycles. The van der Waals surface area contributed by atoms with Gasteiger partial charge in [-0.25, -0.2) is 19.0 Å². The average molecular weight is 233 g/mol. The first-order valence-corrected chi connectivity index (χ1v) is 5.00. The number of hydrogen-bond donors (Lipinski definition) is 0. The minimum absolute atomic E-state index is 0.178. The van der Waals surface area contributed by atoms with Crippen LogP contribution in [-0.4, -0.2) is 13.7 Å². The predicted molar refractivity (Wildman–Crippen MR) is 62.6 cm³/mol. The Bertz CT molecular complexity index is 624. The Hall–Kier alpha value is -2.47. The lowest BCUT2D eigenvalue weighted by Crippen LogP contribution is -2.52. The second kappa shape index (κ2) is 5.04. The largest absolute Gasteiger partial charge is 0.360 e. The summed E-state index contributed by atoms with van der Waals surface area (Å²) in [6.45, 7) is 2.08. The maximum Gasteiger partial charge on any atom is 0.360 e. The van der Waals surface area contributed by atoms with Crippen LogP contribution in [0.2, 0.25) is 0 Å². The third-order valence-corrected chi connectivity index (χ3v) is 2.22. The zero-order valence-corrected chi connectivity index (χ0v) is 9.34. The molecule has 0 bridgehead atoms. The molecule has 1 aromatic rings. The summed E-state index contributed by atoms with van der Waals surface area (Å²) in [4.78, 5) is 35.0. The van der Waals surface area contributed by atoms with E-state index in [0.29, 0.717) is 15.6 Å². The zero-order valence-electron chi connectivity index (χ0n) is 9.34. The second-order valence-corrected chi connectivity index (χ2v) is 3.28. The molecule has 0 fully saturated rings. The van der Waals surface area contributed by atoms with Gasteiger partial charge in [-0.15, -0.1) is 0 Å². The highest BCUT2D eigenvalue weighted by Gasteiger charge is 2.12. The molecule has 0 atom stereocenters. The molecule has 0 saturated heterocycles. The van der Waals surface area contributed by atoms with Crippen molar-refractivity contribution < 1.29 is 0 Å². The Kier molecular flexibility index (Phi) is 3.74. The van der Waals surface area contributed by atoms with Crippen molar-refractivity contribution in [1.29, 1.82) is 0 Å². The van der Waals surface area contributed by atoms with Gasteiger partial charge in [0.15, 0.2) is 0 Å². The molecule has 0 aliphatic heterocycles. The maximum absolute atomic E-state index is 11.7. The van der Waals surface area contributed by atoms with Crippen molar-refractivity contribution in [1.82, 2.24) is 13.7 Å². The van der Waals surface area contributed by atoms with Gasteiger partial charge in [-0.3, -0.25) is 0 Å². The Morgan fingerprint density at radius 1 is 1.00 bits per heavy atom. The summed E-state index contributed by atoms with van der Waals surface area (Å²) in [6.07, 6.45) is 11.5. The van der Waals surface area contributed by atoms with Crippen LogP contribution in [0, 0.1) is 24.9 Å². The molecule has 0 aromatic carbocycles. The van der Waals surface area contributed by atoms with Gasteiger partial charge in [-0.2, -0.15) is 9.13 Å². The van der Waals surface area contributed by atoms with E-state index in [2.05, 4.69) is 0 Å². The first-order valence-electron chi connectivity index (χ1n) is 5.00. The Morgan fingerprint density at radius 3 is 1.82 bits per heavy atom. The van der Waals surface area contributed by atoms with E-state index in [4.69, 9.17) is 12.8 Å². The molecule has 0 radical (unpaired) electrons. The summed E-state index contributed by atoms with van der Waals surface area (Å²) in [6, 6.07) is 3.80. The molecule has 1 rings (SSSR count). The molecule has 1 heterocycles. The SMILES string of the molecule is C#Cn1c(=O)n(C#C)c(=O)n(CCCC)c1=O. The van der Waals surface area contributed by atoms with E-state index in [1.54, 1.807) is 0 Å². The Balaban J connectivity index is 3.70. The van der Waals surface area contributed by atoms with Crippen molar-refractivity contribution in [2.45, 2.75) is 26.3 Å². The van der Waals surface area contributed by atoms with Crippen LogP contribution in [0.3, 0.4) is 0 Å². The normalized spacial score (nSPS) is 9.59. The van der Waals surface area contributed by atoms with Crippen LogP contribution in [0.1, 0.15) is 19.8 Å². The summed E-state index contributed by atoms with van der Waals surface area (Å²) in [5.41, 5.74) is -2.65. The maximum atomic E-state index is 11.7. The van der Waals surface area contributed by atoms with Crippen LogP contribution in [0.15, 0.2) is 14.4 Å². The fourth-order valence-electron chi connectivity index (χ4n) is 1.32. The molecule has 0 unspecified atom stereocenters. The van der Waals surface area contributed by atoms with Crippen molar-refractivity contribution >= 4 is 0 Å². The summed E-state index contributed by atoms with van der Waals surface area (Å²) >= 11 is 0. The van der Waals surface area contributed by atoms with Gasteiger partial charge < -0.3 is 0 Å². The smallest absolute Gasteiger partial charge is 0.246 e. The Labute approximate surface area is 97.1 Å². The van der Waals surface area contributed by atoms with Crippen molar-refractivity contribution in [3.8, 4) is 24.9 Å². The zero-order chi connectivity index (χ0) is 13.0. The quantitative estimate of drug-likeness (QED) is 0.619. The van der Waals surface area contributed by atoms with Gasteiger partial charge in [-0.05, 0) is 6.42 Å². The summed E-state index contributed by atoms with van der Waals surface area (Å²) in [7, 11) is 0. The van der Waals surface area contributed by atoms with Crippen molar-refractivity contribution in [3.63, 3.8) is 0 Å². The van der Waals surface area contributed by atoms with Crippen molar-refractivity contribution in [2.24, 2.45) is 0 Å². The molecule has 0 aliphatic rings. The predicted octanol–water partition coefficient (Wildman–Crippen LogP) is -1.15. The van der Waals surface area contributed by atoms with Crippen LogP contribution < -0.4 is 17.1 Å². The van der Waals surface area contributed by atoms with Gasteiger partial charge in [0.25, 0.3) is 0 Å². The van der Waals surface area contributed by atoms with E-state index in [1.807, 2.05) is 19.0 Å². The van der Waals surface area contributed by atoms with Gasteiger partial charge in [0.05, 0.1) is 0 Å². The van der Waals surface area contributed by atoms with Gasteiger partial charge in [0.1, 0.15) is 0 Å². The number of terminal acetylenes is 2. The fourth-order valence-corrected chi connectivity index (χ4v) is 1.32. The molecule has 0 N–H and O–H groups in total. The standard InChI is InChI=1S/C11H11N3O3/c1-4-7-8-14-10(16)12(5-2)9(15)13(6-3)11(14)17/h2-3H,4,7-8H2,1H3. The summed E-state index contributed by atoms with van der Waals surface area (Å²) in [5, 5.41) is 0. The van der Waals surface area contributed by atoms with Gasteiger partial charge >= 0.3 is 17.1 Å². The van der Waals surface area contributed by atoms with Crippen LogP contribution >= 0.6 is 0 Å². The second-order valence-electron chi connectivity index (χ2n) is 3.28. The highest BCUT2D eigenvalue weighted by Crippen LogP contribution is 1.87. The van der Waals surface area contributed by atoms with Gasteiger partial charge in [0, 0.05) is 18.6 Å². The van der Waals surface area contributed by atoms with Crippen molar-refractivity contribution in [2.75, 3.05) is 0 Å². The minimum Gasteiger partial charge on any atom is -0.246 e. The lowest BCUT2D eigenvalue weighted by Gasteiger charge is -2.06. The van der Waals surface area contributed by atoms with E-state index in [9.17, 15) is 14.4 Å². The number of rotatable bonds is 3. The van der Waals surface area contributed by atoms with E-state index in [1.165, 1.54) is 0 Å². The first-order chi connectivity index (χ1) is 8.08. The third kappa shape index (κ3) is 2.06. The fraction of sp³-hybridized carbons (Fsp3) is 0.364. The molecule has 1 aromatic heterocycles. The summed E-state index contributed by atoms with van der Waals surface area (Å²) in [5.74, 6) is 0. The lowest BCUT2D eigenvalue weighted by molar-refractivity contribution is 0.528. The van der Waals surface area contributed by atoms with E-state index >= 15 is 0 Å². The molecule has 0 aliphatic carbocycles. The van der Waals surface area contributed by atoms with Crippen molar-refractivity contribution in [3.05, 3.63) is 31.5 Å². The van der Waals surface area contributed by atoms with Gasteiger partial charge in [-0.1, -0.05) is 26.2 Å². The van der Waals surface area contributed by atoms with E-state index < -0.39 is 17.1 Å². The molecule has 17 heavy (non-hydrogen) atoms. The topological polar surface area (TPSA) is 66.0 Å². The molecule has 88 valence electrons. The monoisotopic (exact) mass is 233 g/mol. The van der Waals surface area contributed by atoms with Crippen LogP contribution in [-0.2, 0) is 6.54 Å². The molecule has 6 heteroatoms. The van der Waals surface area contributed by atoms with E-state index in [0.717, 1.165) is 11.0 Å². The lowest BCUT2D eigenvalue weighted by atomic mass is 10.3. The highest BCUT2D eigenvalue weighted by atomic mass is 16.2. The first kappa shape index (κ1) is 12.6. The molecule has 0 spiro atoms. The molecule has 6 nitrogen and oxygen atoms in total. The van der Waals surface area contributed by atoms with Crippen LogP contribution in [0.25, 0.3) is 0 Å². The average Bonchev–Trinajstić information content (AvgIpc) is 2.30. The van der Waals surface area contributed by atoms with E-state index in [-0.39, 0.29) is 6.54 Å². The van der Waals surface area contributed by atoms with Crippen LogP contribution in [0.5, 0.6) is 0 Å².